The van der Waals surface area contributed by atoms with E-state index >= 15 is 0 Å². The highest BCUT2D eigenvalue weighted by Crippen LogP contribution is 2.19. The monoisotopic (exact) mass is 225 g/mol. The van der Waals surface area contributed by atoms with Crippen molar-refractivity contribution >= 4 is 17.5 Å². The summed E-state index contributed by atoms with van der Waals surface area (Å²) in [7, 11) is 0. The average Bonchev–Trinajstić information content (AvgIpc) is 2.21. The maximum Gasteiger partial charge on any atom is 0.253 e. The molecule has 0 aliphatic carbocycles. The summed E-state index contributed by atoms with van der Waals surface area (Å²) in [6, 6.07) is 3.61. The molecule has 1 unspecified atom stereocenters. The van der Waals surface area contributed by atoms with E-state index in [9.17, 15) is 9.18 Å². The number of carbonyl (C=O) groups excluding carboxylic acids is 1. The fourth-order valence-electron chi connectivity index (χ4n) is 0.995. The summed E-state index contributed by atoms with van der Waals surface area (Å²) in [6.45, 7) is 1.64. The maximum absolute atomic E-state index is 13.0. The van der Waals surface area contributed by atoms with Crippen LogP contribution in [0.1, 0.15) is 17.3 Å². The first-order valence-electron chi connectivity index (χ1n) is 4.27. The molecule has 0 fully saturated rings. The predicted molar refractivity (Wildman–Crippen MR) is 57.2 cm³/mol. The Hall–Kier alpha value is -1.53. The summed E-state index contributed by atoms with van der Waals surface area (Å²) in [5, 5.41) is 2.29. The molecule has 1 aromatic carbocycles. The van der Waals surface area contributed by atoms with Crippen LogP contribution in [0.15, 0.2) is 18.2 Å². The summed E-state index contributed by atoms with van der Waals surface area (Å²) < 4.78 is 13.0. The molecule has 4 heteroatoms. The number of amides is 1. The van der Waals surface area contributed by atoms with Gasteiger partial charge in [0.2, 0.25) is 0 Å². The van der Waals surface area contributed by atoms with Gasteiger partial charge in [0.25, 0.3) is 5.91 Å². The number of terminal acetylenes is 1. The molecule has 1 atom stereocenters. The first-order valence-corrected chi connectivity index (χ1v) is 4.65. The lowest BCUT2D eigenvalue weighted by Gasteiger charge is -2.08. The van der Waals surface area contributed by atoms with Crippen molar-refractivity contribution in [1.82, 2.24) is 5.32 Å². The zero-order valence-corrected chi connectivity index (χ0v) is 8.81. The van der Waals surface area contributed by atoms with Crippen molar-refractivity contribution in [2.24, 2.45) is 0 Å². The average molecular weight is 226 g/mol. The van der Waals surface area contributed by atoms with E-state index in [4.69, 9.17) is 18.0 Å². The van der Waals surface area contributed by atoms with Crippen molar-refractivity contribution in [3.05, 3.63) is 34.6 Å². The van der Waals surface area contributed by atoms with Crippen LogP contribution in [0.4, 0.5) is 4.39 Å². The van der Waals surface area contributed by atoms with E-state index in [1.807, 2.05) is 0 Å². The van der Waals surface area contributed by atoms with E-state index in [-0.39, 0.29) is 10.6 Å². The molecule has 0 spiro atoms. The quantitative estimate of drug-likeness (QED) is 0.769. The number of hydrogen-bond acceptors (Lipinski definition) is 1. The molecule has 2 nitrogen and oxygen atoms in total. The van der Waals surface area contributed by atoms with Crippen LogP contribution in [-0.4, -0.2) is 11.9 Å². The molecule has 0 heterocycles. The van der Waals surface area contributed by atoms with Gasteiger partial charge in [0.15, 0.2) is 0 Å². The second-order valence-electron chi connectivity index (χ2n) is 2.96. The van der Waals surface area contributed by atoms with Crippen LogP contribution in [-0.2, 0) is 0 Å². The fourth-order valence-corrected chi connectivity index (χ4v) is 1.21. The lowest BCUT2D eigenvalue weighted by atomic mass is 10.2. The van der Waals surface area contributed by atoms with Crippen LogP contribution < -0.4 is 5.32 Å². The Morgan fingerprint density at radius 1 is 1.67 bits per heavy atom. The SMILES string of the molecule is C#CC(C)NC(=O)c1cccc(F)c1Cl. The fraction of sp³-hybridized carbons (Fsp3) is 0.182. The number of benzene rings is 1. The summed E-state index contributed by atoms with van der Waals surface area (Å²) in [5.74, 6) is 1.22. The number of hydrogen-bond donors (Lipinski definition) is 1. The van der Waals surface area contributed by atoms with E-state index in [0.29, 0.717) is 0 Å². The van der Waals surface area contributed by atoms with Gasteiger partial charge < -0.3 is 5.32 Å². The van der Waals surface area contributed by atoms with Gasteiger partial charge in [-0.15, -0.1) is 6.42 Å². The third kappa shape index (κ3) is 2.71. The van der Waals surface area contributed by atoms with Crippen LogP contribution in [0.5, 0.6) is 0 Å². The van der Waals surface area contributed by atoms with Gasteiger partial charge in [0.05, 0.1) is 16.6 Å². The van der Waals surface area contributed by atoms with Crippen LogP contribution in [0.2, 0.25) is 5.02 Å². The minimum Gasteiger partial charge on any atom is -0.339 e. The van der Waals surface area contributed by atoms with E-state index in [2.05, 4.69) is 11.2 Å². The van der Waals surface area contributed by atoms with Crippen molar-refractivity contribution in [1.29, 1.82) is 0 Å². The lowest BCUT2D eigenvalue weighted by Crippen LogP contribution is -2.31. The zero-order valence-electron chi connectivity index (χ0n) is 8.05. The first-order chi connectivity index (χ1) is 7.06. The van der Waals surface area contributed by atoms with Crippen molar-refractivity contribution in [2.45, 2.75) is 13.0 Å². The Kier molecular flexibility index (Phi) is 3.70. The molecule has 0 aliphatic rings. The molecule has 0 aliphatic heterocycles. The molecule has 78 valence electrons. The Morgan fingerprint density at radius 3 is 2.93 bits per heavy atom. The molecule has 1 amide bonds. The molecule has 1 aromatic rings. The van der Waals surface area contributed by atoms with Crippen LogP contribution in [0.3, 0.4) is 0 Å². The number of nitrogens with one attached hydrogen (secondary N) is 1. The molecule has 1 N–H and O–H groups in total. The van der Waals surface area contributed by atoms with E-state index < -0.39 is 17.8 Å². The summed E-state index contributed by atoms with van der Waals surface area (Å²) in [6.07, 6.45) is 5.09. The highest BCUT2D eigenvalue weighted by atomic mass is 35.5. The van der Waals surface area contributed by atoms with Crippen LogP contribution >= 0.6 is 11.6 Å². The molecule has 0 radical (unpaired) electrons. The van der Waals surface area contributed by atoms with Crippen molar-refractivity contribution in [3.8, 4) is 12.3 Å². The van der Waals surface area contributed by atoms with Gasteiger partial charge >= 0.3 is 0 Å². The van der Waals surface area contributed by atoms with Gasteiger partial charge in [-0.1, -0.05) is 23.6 Å². The molecule has 0 aromatic heterocycles. The van der Waals surface area contributed by atoms with Gasteiger partial charge in [-0.05, 0) is 19.1 Å². The van der Waals surface area contributed by atoms with Crippen molar-refractivity contribution in [2.75, 3.05) is 0 Å². The minimum atomic E-state index is -0.627. The second-order valence-corrected chi connectivity index (χ2v) is 3.34. The van der Waals surface area contributed by atoms with E-state index in [0.717, 1.165) is 0 Å². The van der Waals surface area contributed by atoms with Crippen molar-refractivity contribution < 1.29 is 9.18 Å². The summed E-state index contributed by atoms with van der Waals surface area (Å²) in [5.41, 5.74) is 0.0822. The van der Waals surface area contributed by atoms with Gasteiger partial charge in [-0.2, -0.15) is 0 Å². The molecule has 1 rings (SSSR count). The second kappa shape index (κ2) is 4.81. The smallest absolute Gasteiger partial charge is 0.253 e. The highest BCUT2D eigenvalue weighted by Gasteiger charge is 2.14. The lowest BCUT2D eigenvalue weighted by molar-refractivity contribution is 0.0948. The third-order valence-corrected chi connectivity index (χ3v) is 2.18. The molecule has 0 saturated carbocycles. The number of carbonyl (C=O) groups is 1. The normalized spacial score (nSPS) is 11.6. The molecular weight excluding hydrogens is 217 g/mol. The van der Waals surface area contributed by atoms with Crippen molar-refractivity contribution in [3.63, 3.8) is 0 Å². The molecule has 0 bridgehead atoms. The third-order valence-electron chi connectivity index (χ3n) is 1.79. The summed E-state index contributed by atoms with van der Waals surface area (Å²) in [4.78, 5) is 11.5. The van der Waals surface area contributed by atoms with Gasteiger partial charge in [0.1, 0.15) is 5.82 Å². The summed E-state index contributed by atoms with van der Waals surface area (Å²) >= 11 is 5.63. The Labute approximate surface area is 92.4 Å². The Bertz CT molecular complexity index is 425. The molecule has 0 saturated heterocycles. The largest absolute Gasteiger partial charge is 0.339 e. The molecule has 15 heavy (non-hydrogen) atoms. The zero-order chi connectivity index (χ0) is 11.4. The van der Waals surface area contributed by atoms with E-state index in [1.54, 1.807) is 6.92 Å². The first kappa shape index (κ1) is 11.5. The Morgan fingerprint density at radius 2 is 2.33 bits per heavy atom. The standard InChI is InChI=1S/C11H9ClFNO/c1-3-7(2)14-11(15)8-5-4-6-9(13)10(8)12/h1,4-7H,2H3,(H,14,15). The maximum atomic E-state index is 13.0. The topological polar surface area (TPSA) is 29.1 Å². The number of halogens is 2. The van der Waals surface area contributed by atoms with Gasteiger partial charge in [-0.25, -0.2) is 4.39 Å². The highest BCUT2D eigenvalue weighted by molar-refractivity contribution is 6.34. The van der Waals surface area contributed by atoms with E-state index in [1.165, 1.54) is 18.2 Å². The Balaban J connectivity index is 2.93. The van der Waals surface area contributed by atoms with Crippen LogP contribution in [0.25, 0.3) is 0 Å². The molecular formula is C11H9ClFNO. The minimum absolute atomic E-state index is 0.0822. The van der Waals surface area contributed by atoms with Crippen LogP contribution in [0, 0.1) is 18.2 Å². The van der Waals surface area contributed by atoms with Gasteiger partial charge in [-0.3, -0.25) is 4.79 Å². The number of rotatable bonds is 2. The predicted octanol–water partition coefficient (Wildman–Crippen LogP) is 2.23. The van der Waals surface area contributed by atoms with Gasteiger partial charge in [0, 0.05) is 0 Å².